The van der Waals surface area contributed by atoms with Crippen LogP contribution < -0.4 is 0 Å². The third kappa shape index (κ3) is 2.32. The van der Waals surface area contributed by atoms with Gasteiger partial charge >= 0.3 is 0 Å². The fraction of sp³-hybridized carbons (Fsp3) is 0.176. The summed E-state index contributed by atoms with van der Waals surface area (Å²) in [6.07, 6.45) is 2.18. The van der Waals surface area contributed by atoms with E-state index in [9.17, 15) is 0 Å². The van der Waals surface area contributed by atoms with Gasteiger partial charge in [0.2, 0.25) is 0 Å². The van der Waals surface area contributed by atoms with E-state index in [4.69, 9.17) is 23.2 Å². The summed E-state index contributed by atoms with van der Waals surface area (Å²) in [5, 5.41) is 2.71. The van der Waals surface area contributed by atoms with E-state index in [-0.39, 0.29) is 0 Å². The Bertz CT molecular complexity index is 772. The molecule has 2 aromatic carbocycles. The van der Waals surface area contributed by atoms with Gasteiger partial charge in [0.25, 0.3) is 0 Å². The number of hydrogen-bond acceptors (Lipinski definition) is 0. The minimum atomic E-state index is 0.441. The summed E-state index contributed by atoms with van der Waals surface area (Å²) in [6, 6.07) is 13.9. The van der Waals surface area contributed by atoms with Gasteiger partial charge in [0.1, 0.15) is 0 Å². The predicted octanol–water partition coefficient (Wildman–Crippen LogP) is 6.06. The summed E-state index contributed by atoms with van der Waals surface area (Å²) < 4.78 is 2.17. The van der Waals surface area contributed by atoms with Crippen molar-refractivity contribution in [1.29, 1.82) is 0 Å². The normalized spacial score (nSPS) is 11.4. The molecule has 0 aliphatic rings. The summed E-state index contributed by atoms with van der Waals surface area (Å²) in [4.78, 5) is 0. The van der Waals surface area contributed by atoms with Gasteiger partial charge < -0.3 is 4.57 Å². The average molecular weight is 304 g/mol. The van der Waals surface area contributed by atoms with Crippen LogP contribution in [-0.2, 0) is 0 Å². The van der Waals surface area contributed by atoms with Gasteiger partial charge in [0, 0.05) is 27.3 Å². The summed E-state index contributed by atoms with van der Waals surface area (Å²) >= 11 is 12.3. The molecule has 0 radical (unpaired) electrons. The Morgan fingerprint density at radius 1 is 0.950 bits per heavy atom. The van der Waals surface area contributed by atoms with Crippen LogP contribution in [0.15, 0.2) is 48.7 Å². The molecule has 0 aliphatic carbocycles. The van der Waals surface area contributed by atoms with Crippen molar-refractivity contribution in [3.8, 4) is 5.69 Å². The van der Waals surface area contributed by atoms with Crippen molar-refractivity contribution in [2.75, 3.05) is 0 Å². The van der Waals surface area contributed by atoms with Crippen LogP contribution in [0, 0.1) is 0 Å². The van der Waals surface area contributed by atoms with Gasteiger partial charge in [-0.2, -0.15) is 0 Å². The second kappa shape index (κ2) is 5.16. The Kier molecular flexibility index (Phi) is 3.49. The second-order valence-corrected chi connectivity index (χ2v) is 6.12. The number of fused-ring (bicyclic) bond motifs is 1. The Morgan fingerprint density at radius 2 is 1.70 bits per heavy atom. The molecule has 20 heavy (non-hydrogen) atoms. The lowest BCUT2D eigenvalue weighted by atomic mass is 10.0. The fourth-order valence-corrected chi connectivity index (χ4v) is 2.88. The Labute approximate surface area is 128 Å². The lowest BCUT2D eigenvalue weighted by Gasteiger charge is -2.05. The van der Waals surface area contributed by atoms with Crippen LogP contribution >= 0.6 is 23.2 Å². The first-order valence-electron chi connectivity index (χ1n) is 6.62. The highest BCUT2D eigenvalue weighted by Gasteiger charge is 2.13. The topological polar surface area (TPSA) is 4.93 Å². The molecular formula is C17H15Cl2N. The molecule has 3 heteroatoms. The predicted molar refractivity (Wildman–Crippen MR) is 87.4 cm³/mol. The zero-order valence-electron chi connectivity index (χ0n) is 11.4. The molecule has 0 aliphatic heterocycles. The summed E-state index contributed by atoms with van der Waals surface area (Å²) in [6.45, 7) is 4.38. The second-order valence-electron chi connectivity index (χ2n) is 5.25. The van der Waals surface area contributed by atoms with Crippen LogP contribution in [0.2, 0.25) is 10.0 Å². The van der Waals surface area contributed by atoms with Crippen molar-refractivity contribution >= 4 is 34.1 Å². The number of benzene rings is 2. The van der Waals surface area contributed by atoms with Crippen molar-refractivity contribution in [2.45, 2.75) is 19.8 Å². The molecule has 1 nitrogen and oxygen atoms in total. The largest absolute Gasteiger partial charge is 0.316 e. The number of aromatic nitrogens is 1. The molecule has 0 atom stereocenters. The Morgan fingerprint density at radius 3 is 2.40 bits per heavy atom. The van der Waals surface area contributed by atoms with Gasteiger partial charge in [-0.1, -0.05) is 43.1 Å². The number of hydrogen-bond donors (Lipinski definition) is 0. The molecule has 3 rings (SSSR count). The third-order valence-electron chi connectivity index (χ3n) is 3.51. The van der Waals surface area contributed by atoms with Crippen LogP contribution in [0.25, 0.3) is 16.6 Å². The van der Waals surface area contributed by atoms with Crippen LogP contribution in [-0.4, -0.2) is 4.57 Å². The Balaban J connectivity index is 2.31. The average Bonchev–Trinajstić information content (AvgIpc) is 2.77. The fourth-order valence-electron chi connectivity index (χ4n) is 2.53. The monoisotopic (exact) mass is 303 g/mol. The van der Waals surface area contributed by atoms with Crippen molar-refractivity contribution in [2.24, 2.45) is 0 Å². The first-order valence-corrected chi connectivity index (χ1v) is 7.38. The van der Waals surface area contributed by atoms with E-state index < -0.39 is 0 Å². The molecule has 1 heterocycles. The highest BCUT2D eigenvalue weighted by molar-refractivity contribution is 6.31. The van der Waals surface area contributed by atoms with Crippen LogP contribution in [0.3, 0.4) is 0 Å². The van der Waals surface area contributed by atoms with Crippen LogP contribution in [0.4, 0.5) is 0 Å². The van der Waals surface area contributed by atoms with E-state index in [0.717, 1.165) is 21.2 Å². The van der Waals surface area contributed by atoms with Gasteiger partial charge in [-0.05, 0) is 47.9 Å². The molecular weight excluding hydrogens is 289 g/mol. The van der Waals surface area contributed by atoms with Crippen molar-refractivity contribution in [3.05, 3.63) is 64.3 Å². The molecule has 0 bridgehead atoms. The minimum absolute atomic E-state index is 0.441. The first-order chi connectivity index (χ1) is 9.56. The lowest BCUT2D eigenvalue weighted by Crippen LogP contribution is -1.91. The molecule has 0 N–H and O–H groups in total. The first kappa shape index (κ1) is 13.5. The Hall–Kier alpha value is -1.44. The molecule has 0 fully saturated rings. The van der Waals surface area contributed by atoms with Gasteiger partial charge in [-0.25, -0.2) is 0 Å². The highest BCUT2D eigenvalue weighted by Crippen LogP contribution is 2.32. The molecule has 3 aromatic rings. The van der Waals surface area contributed by atoms with E-state index >= 15 is 0 Å². The summed E-state index contributed by atoms with van der Waals surface area (Å²) in [5.74, 6) is 0.441. The molecule has 1 aromatic heterocycles. The number of nitrogens with zero attached hydrogens (tertiary/aromatic N) is 1. The van der Waals surface area contributed by atoms with E-state index in [1.54, 1.807) is 0 Å². The molecule has 0 spiro atoms. The zero-order valence-corrected chi connectivity index (χ0v) is 12.9. The smallest absolute Gasteiger partial charge is 0.0532 e. The van der Waals surface area contributed by atoms with Gasteiger partial charge in [-0.15, -0.1) is 0 Å². The highest BCUT2D eigenvalue weighted by atomic mass is 35.5. The quantitative estimate of drug-likeness (QED) is 0.542. The number of halogens is 2. The summed E-state index contributed by atoms with van der Waals surface area (Å²) in [5.41, 5.74) is 3.51. The maximum atomic E-state index is 6.15. The maximum absolute atomic E-state index is 6.15. The molecule has 0 saturated heterocycles. The van der Waals surface area contributed by atoms with Gasteiger partial charge in [0.15, 0.2) is 0 Å². The van der Waals surface area contributed by atoms with Crippen LogP contribution in [0.1, 0.15) is 25.3 Å². The third-order valence-corrected chi connectivity index (χ3v) is 3.98. The van der Waals surface area contributed by atoms with Crippen molar-refractivity contribution < 1.29 is 0 Å². The minimum Gasteiger partial charge on any atom is -0.316 e. The van der Waals surface area contributed by atoms with E-state index in [2.05, 4.69) is 36.7 Å². The standard InChI is InChI=1S/C17H15Cl2N/c1-11(2)16-10-20(14-5-3-4-12(18)8-14)17-7-6-13(19)9-15(16)17/h3-11H,1-2H3. The number of rotatable bonds is 2. The molecule has 102 valence electrons. The maximum Gasteiger partial charge on any atom is 0.0532 e. The zero-order chi connectivity index (χ0) is 14.3. The van der Waals surface area contributed by atoms with E-state index in [1.165, 1.54) is 10.9 Å². The van der Waals surface area contributed by atoms with E-state index in [0.29, 0.717) is 5.92 Å². The van der Waals surface area contributed by atoms with Gasteiger partial charge in [0.05, 0.1) is 5.52 Å². The van der Waals surface area contributed by atoms with Crippen LogP contribution in [0.5, 0.6) is 0 Å². The van der Waals surface area contributed by atoms with Gasteiger partial charge in [-0.3, -0.25) is 0 Å². The summed E-state index contributed by atoms with van der Waals surface area (Å²) in [7, 11) is 0. The molecule has 0 saturated carbocycles. The van der Waals surface area contributed by atoms with Crippen molar-refractivity contribution in [1.82, 2.24) is 4.57 Å². The SMILES string of the molecule is CC(C)c1cn(-c2cccc(Cl)c2)c2ccc(Cl)cc12. The van der Waals surface area contributed by atoms with Crippen molar-refractivity contribution in [3.63, 3.8) is 0 Å². The lowest BCUT2D eigenvalue weighted by molar-refractivity contribution is 0.870. The molecule has 0 amide bonds. The van der Waals surface area contributed by atoms with E-state index in [1.807, 2.05) is 30.3 Å². The molecule has 0 unspecified atom stereocenters.